The van der Waals surface area contributed by atoms with Crippen molar-refractivity contribution in [3.8, 4) is 5.75 Å². The lowest BCUT2D eigenvalue weighted by atomic mass is 10.1. The Balaban J connectivity index is 1.40. The minimum Gasteiger partial charge on any atom is -0.494 e. The van der Waals surface area contributed by atoms with E-state index in [4.69, 9.17) is 17.0 Å². The van der Waals surface area contributed by atoms with Crippen LogP contribution in [-0.2, 0) is 20.9 Å². The van der Waals surface area contributed by atoms with E-state index in [-0.39, 0.29) is 23.3 Å². The zero-order chi connectivity index (χ0) is 23.6. The summed E-state index contributed by atoms with van der Waals surface area (Å²) in [6.07, 6.45) is 3.10. The molecule has 0 bridgehead atoms. The molecule has 1 unspecified atom stereocenters. The van der Waals surface area contributed by atoms with Crippen molar-refractivity contribution in [1.29, 1.82) is 0 Å². The standard InChI is InChI=1S/C24H26N4O4S/c1-2-32-20-11-8-17(9-12-20)10-13-21(29)25-24(33)27-26-23(31)19-14-22(30)28(16-19)15-18-6-4-3-5-7-18/h3-13,19H,2,14-16H2,1H3,(H,26,31)(H2,25,27,29,33)/b13-10+. The molecule has 2 aromatic carbocycles. The molecule has 1 aliphatic rings. The van der Waals surface area contributed by atoms with E-state index in [0.29, 0.717) is 19.7 Å². The highest BCUT2D eigenvalue weighted by Gasteiger charge is 2.34. The van der Waals surface area contributed by atoms with Gasteiger partial charge in [-0.2, -0.15) is 0 Å². The molecule has 1 aliphatic heterocycles. The second kappa shape index (κ2) is 11.8. The van der Waals surface area contributed by atoms with E-state index in [9.17, 15) is 14.4 Å². The number of nitrogens with zero attached hydrogens (tertiary/aromatic N) is 1. The normalized spacial score (nSPS) is 15.4. The van der Waals surface area contributed by atoms with Gasteiger partial charge in [0.2, 0.25) is 17.7 Å². The molecule has 1 fully saturated rings. The number of hydrogen-bond acceptors (Lipinski definition) is 5. The van der Waals surface area contributed by atoms with Gasteiger partial charge in [0.25, 0.3) is 0 Å². The van der Waals surface area contributed by atoms with Gasteiger partial charge in [0.15, 0.2) is 5.11 Å². The van der Waals surface area contributed by atoms with Crippen molar-refractivity contribution < 1.29 is 19.1 Å². The molecule has 0 radical (unpaired) electrons. The summed E-state index contributed by atoms with van der Waals surface area (Å²) in [6, 6.07) is 16.9. The van der Waals surface area contributed by atoms with Crippen molar-refractivity contribution in [3.63, 3.8) is 0 Å². The summed E-state index contributed by atoms with van der Waals surface area (Å²) < 4.78 is 5.38. The number of nitrogens with one attached hydrogen (secondary N) is 3. The summed E-state index contributed by atoms with van der Waals surface area (Å²) in [5.41, 5.74) is 6.81. The number of amides is 3. The van der Waals surface area contributed by atoms with Crippen LogP contribution in [0.4, 0.5) is 0 Å². The highest BCUT2D eigenvalue weighted by atomic mass is 32.1. The van der Waals surface area contributed by atoms with Crippen LogP contribution in [0.3, 0.4) is 0 Å². The van der Waals surface area contributed by atoms with Gasteiger partial charge >= 0.3 is 0 Å². The maximum atomic E-state index is 12.4. The second-order valence-corrected chi connectivity index (χ2v) is 7.84. The van der Waals surface area contributed by atoms with Gasteiger partial charge in [-0.15, -0.1) is 0 Å². The topological polar surface area (TPSA) is 99.8 Å². The summed E-state index contributed by atoms with van der Waals surface area (Å²) >= 11 is 5.05. The van der Waals surface area contributed by atoms with Crippen LogP contribution in [0, 0.1) is 5.92 Å². The monoisotopic (exact) mass is 466 g/mol. The van der Waals surface area contributed by atoms with Crippen LogP contribution < -0.4 is 20.9 Å². The van der Waals surface area contributed by atoms with Crippen LogP contribution in [0.1, 0.15) is 24.5 Å². The fourth-order valence-corrected chi connectivity index (χ4v) is 3.48. The summed E-state index contributed by atoms with van der Waals surface area (Å²) in [4.78, 5) is 38.4. The Hall–Kier alpha value is -3.72. The Kier molecular flexibility index (Phi) is 8.54. The molecule has 1 atom stereocenters. The third-order valence-electron chi connectivity index (χ3n) is 4.96. The average Bonchev–Trinajstić information content (AvgIpc) is 3.18. The third kappa shape index (κ3) is 7.43. The van der Waals surface area contributed by atoms with E-state index in [1.807, 2.05) is 61.5 Å². The molecule has 2 aromatic rings. The van der Waals surface area contributed by atoms with Crippen molar-refractivity contribution >= 4 is 41.1 Å². The lowest BCUT2D eigenvalue weighted by Gasteiger charge is -2.17. The van der Waals surface area contributed by atoms with E-state index in [0.717, 1.165) is 16.9 Å². The SMILES string of the molecule is CCOc1ccc(/C=C/C(=O)NC(=S)NNC(=O)C2CC(=O)N(Cc3ccccc3)C2)cc1. The lowest BCUT2D eigenvalue weighted by Crippen LogP contribution is -2.50. The average molecular weight is 467 g/mol. The summed E-state index contributed by atoms with van der Waals surface area (Å²) in [6.45, 7) is 3.28. The first-order chi connectivity index (χ1) is 15.9. The van der Waals surface area contributed by atoms with E-state index < -0.39 is 11.8 Å². The summed E-state index contributed by atoms with van der Waals surface area (Å²) in [7, 11) is 0. The molecule has 1 saturated heterocycles. The summed E-state index contributed by atoms with van der Waals surface area (Å²) in [5.74, 6) is -0.616. The number of ether oxygens (including phenoxy) is 1. The van der Waals surface area contributed by atoms with Crippen LogP contribution >= 0.6 is 12.2 Å². The third-order valence-corrected chi connectivity index (χ3v) is 5.16. The highest BCUT2D eigenvalue weighted by molar-refractivity contribution is 7.80. The first-order valence-electron chi connectivity index (χ1n) is 10.6. The Morgan fingerprint density at radius 3 is 2.55 bits per heavy atom. The molecular formula is C24H26N4O4S. The zero-order valence-electron chi connectivity index (χ0n) is 18.2. The van der Waals surface area contributed by atoms with Gasteiger partial charge in [-0.3, -0.25) is 30.6 Å². The number of carbonyl (C=O) groups is 3. The van der Waals surface area contributed by atoms with Crippen LogP contribution in [0.5, 0.6) is 5.75 Å². The van der Waals surface area contributed by atoms with E-state index >= 15 is 0 Å². The Morgan fingerprint density at radius 2 is 1.85 bits per heavy atom. The van der Waals surface area contributed by atoms with E-state index in [1.54, 1.807) is 11.0 Å². The van der Waals surface area contributed by atoms with Gasteiger partial charge in [-0.25, -0.2) is 0 Å². The highest BCUT2D eigenvalue weighted by Crippen LogP contribution is 2.20. The minimum atomic E-state index is -0.494. The fourth-order valence-electron chi connectivity index (χ4n) is 3.32. The van der Waals surface area contributed by atoms with Crippen LogP contribution in [0.2, 0.25) is 0 Å². The molecule has 0 spiro atoms. The van der Waals surface area contributed by atoms with E-state index in [1.165, 1.54) is 6.08 Å². The molecule has 0 saturated carbocycles. The number of benzene rings is 2. The molecule has 9 heteroatoms. The molecular weight excluding hydrogens is 440 g/mol. The fraction of sp³-hybridized carbons (Fsp3) is 0.250. The van der Waals surface area contributed by atoms with Crippen molar-refractivity contribution in [3.05, 3.63) is 71.8 Å². The molecule has 1 heterocycles. The molecule has 0 aromatic heterocycles. The van der Waals surface area contributed by atoms with Gasteiger partial charge in [-0.05, 0) is 48.5 Å². The molecule has 172 valence electrons. The van der Waals surface area contributed by atoms with Crippen molar-refractivity contribution in [2.45, 2.75) is 19.9 Å². The molecule has 3 rings (SSSR count). The number of hydrazine groups is 1. The first kappa shape index (κ1) is 23.9. The maximum Gasteiger partial charge on any atom is 0.250 e. The van der Waals surface area contributed by atoms with Crippen LogP contribution in [0.15, 0.2) is 60.7 Å². The second-order valence-electron chi connectivity index (χ2n) is 7.43. The quantitative estimate of drug-likeness (QED) is 0.329. The van der Waals surface area contributed by atoms with Gasteiger partial charge < -0.3 is 9.64 Å². The summed E-state index contributed by atoms with van der Waals surface area (Å²) in [5, 5.41) is 2.41. The Labute approximate surface area is 198 Å². The van der Waals surface area contributed by atoms with Crippen molar-refractivity contribution in [2.75, 3.05) is 13.2 Å². The van der Waals surface area contributed by atoms with Gasteiger partial charge in [-0.1, -0.05) is 42.5 Å². The van der Waals surface area contributed by atoms with Crippen molar-refractivity contribution in [2.24, 2.45) is 5.92 Å². The molecule has 0 aliphatic carbocycles. The van der Waals surface area contributed by atoms with Crippen molar-refractivity contribution in [1.82, 2.24) is 21.1 Å². The largest absolute Gasteiger partial charge is 0.494 e. The number of hydrogen-bond donors (Lipinski definition) is 3. The number of rotatable bonds is 7. The predicted molar refractivity (Wildman–Crippen MR) is 129 cm³/mol. The number of likely N-dealkylation sites (tertiary alicyclic amines) is 1. The van der Waals surface area contributed by atoms with Gasteiger partial charge in [0.1, 0.15) is 5.75 Å². The maximum absolute atomic E-state index is 12.4. The van der Waals surface area contributed by atoms with Crippen LogP contribution in [-0.4, -0.2) is 40.9 Å². The number of thiocarbonyl (C=S) groups is 1. The molecule has 8 nitrogen and oxygen atoms in total. The first-order valence-corrected chi connectivity index (χ1v) is 11.0. The zero-order valence-corrected chi connectivity index (χ0v) is 19.1. The molecule has 3 amide bonds. The predicted octanol–water partition coefficient (Wildman–Crippen LogP) is 2.17. The minimum absolute atomic E-state index is 0.0461. The molecule has 33 heavy (non-hydrogen) atoms. The number of carbonyl (C=O) groups excluding carboxylic acids is 3. The molecule has 3 N–H and O–H groups in total. The van der Waals surface area contributed by atoms with Gasteiger partial charge in [0, 0.05) is 25.6 Å². The smallest absolute Gasteiger partial charge is 0.250 e. The van der Waals surface area contributed by atoms with Gasteiger partial charge in [0.05, 0.1) is 12.5 Å². The van der Waals surface area contributed by atoms with Crippen LogP contribution in [0.25, 0.3) is 6.08 Å². The Bertz CT molecular complexity index is 1020. The Morgan fingerprint density at radius 1 is 1.12 bits per heavy atom. The lowest BCUT2D eigenvalue weighted by molar-refractivity contribution is -0.129. The van der Waals surface area contributed by atoms with E-state index in [2.05, 4.69) is 16.2 Å².